The number of cyclic esters (lactones) is 1. The van der Waals surface area contributed by atoms with Gasteiger partial charge in [-0.1, -0.05) is 58.4 Å². The normalized spacial score (nSPS) is 14.2. The molecule has 4 aromatic carbocycles. The number of benzene rings is 4. The predicted octanol–water partition coefficient (Wildman–Crippen LogP) is 7.30. The van der Waals surface area contributed by atoms with Crippen LogP contribution in [0.5, 0.6) is 11.5 Å². The number of carbonyl (C=O) groups is 1. The van der Waals surface area contributed by atoms with Crippen LogP contribution in [0.3, 0.4) is 0 Å². The second-order valence-corrected chi connectivity index (χ2v) is 9.62. The smallest absolute Gasteiger partial charge is 0.363 e. The van der Waals surface area contributed by atoms with Crippen molar-refractivity contribution in [3.8, 4) is 11.5 Å². The fraction of sp³-hybridized carbons (Fsp3) is 0.0714. The number of rotatable bonds is 6. The van der Waals surface area contributed by atoms with Gasteiger partial charge in [-0.15, -0.1) is 0 Å². The van der Waals surface area contributed by atoms with Gasteiger partial charge < -0.3 is 14.2 Å². The number of nitrogens with zero attached hydrogens (tertiary/aromatic N) is 1. The molecule has 0 aliphatic carbocycles. The number of carbonyl (C=O) groups excluding carboxylic acids is 1. The van der Waals surface area contributed by atoms with Crippen molar-refractivity contribution >= 4 is 60.6 Å². The van der Waals surface area contributed by atoms with E-state index in [-0.39, 0.29) is 11.6 Å². The third kappa shape index (κ3) is 5.16. The van der Waals surface area contributed by atoms with E-state index in [9.17, 15) is 4.79 Å². The van der Waals surface area contributed by atoms with Crippen LogP contribution in [0.25, 0.3) is 16.8 Å². The van der Waals surface area contributed by atoms with Crippen molar-refractivity contribution in [3.05, 3.63) is 110 Å². The zero-order valence-electron chi connectivity index (χ0n) is 18.6. The molecule has 0 saturated carbocycles. The first-order chi connectivity index (χ1) is 17.0. The molecule has 35 heavy (non-hydrogen) atoms. The summed E-state index contributed by atoms with van der Waals surface area (Å²) in [4.78, 5) is 17.0. The van der Waals surface area contributed by atoms with E-state index in [4.69, 9.17) is 14.2 Å². The minimum atomic E-state index is -0.501. The monoisotopic (exact) mass is 591 g/mol. The Morgan fingerprint density at radius 1 is 0.943 bits per heavy atom. The van der Waals surface area contributed by atoms with E-state index in [0.717, 1.165) is 31.9 Å². The van der Waals surface area contributed by atoms with Gasteiger partial charge in [0.15, 0.2) is 17.2 Å². The second kappa shape index (κ2) is 10.1. The van der Waals surface area contributed by atoms with Crippen molar-refractivity contribution in [2.45, 2.75) is 6.61 Å². The number of halogens is 2. The van der Waals surface area contributed by atoms with Gasteiger partial charge >= 0.3 is 5.97 Å². The molecule has 0 atom stereocenters. The van der Waals surface area contributed by atoms with Gasteiger partial charge in [-0.3, -0.25) is 0 Å². The molecule has 1 aliphatic heterocycles. The van der Waals surface area contributed by atoms with Gasteiger partial charge in [0, 0.05) is 10.0 Å². The van der Waals surface area contributed by atoms with E-state index in [1.54, 1.807) is 19.3 Å². The molecule has 4 aromatic rings. The molecule has 5 rings (SSSR count). The van der Waals surface area contributed by atoms with Crippen molar-refractivity contribution < 1.29 is 19.0 Å². The van der Waals surface area contributed by atoms with Crippen LogP contribution in [0.2, 0.25) is 0 Å². The Hall–Kier alpha value is -3.42. The predicted molar refractivity (Wildman–Crippen MR) is 144 cm³/mol. The third-order valence-corrected chi connectivity index (χ3v) is 6.59. The molecule has 0 spiro atoms. The Morgan fingerprint density at radius 3 is 2.49 bits per heavy atom. The topological polar surface area (TPSA) is 57.1 Å². The number of hydrogen-bond acceptors (Lipinski definition) is 5. The minimum absolute atomic E-state index is 0.214. The van der Waals surface area contributed by atoms with Gasteiger partial charge in [0.25, 0.3) is 0 Å². The van der Waals surface area contributed by atoms with E-state index in [1.165, 1.54) is 0 Å². The minimum Gasteiger partial charge on any atom is -0.493 e. The standard InChI is InChI=1S/C28H19Br2NO4/c1-33-25-14-18(12-23(30)26(25)34-16-17-6-10-22(29)11-7-17)13-24-28(32)35-27(31-24)21-9-8-19-4-2-3-5-20(19)15-21/h2-15H,16H2,1H3/b24-13-. The van der Waals surface area contributed by atoms with Crippen LogP contribution in [-0.4, -0.2) is 19.0 Å². The van der Waals surface area contributed by atoms with Gasteiger partial charge in [-0.2, -0.15) is 0 Å². The summed E-state index contributed by atoms with van der Waals surface area (Å²) in [5.74, 6) is 0.895. The van der Waals surface area contributed by atoms with Gasteiger partial charge in [0.1, 0.15) is 6.61 Å². The van der Waals surface area contributed by atoms with Crippen molar-refractivity contribution in [2.75, 3.05) is 7.11 Å². The summed E-state index contributed by atoms with van der Waals surface area (Å²) in [6, 6.07) is 25.4. The van der Waals surface area contributed by atoms with E-state index in [2.05, 4.69) is 36.9 Å². The summed E-state index contributed by atoms with van der Waals surface area (Å²) in [5.41, 5.74) is 2.71. The fourth-order valence-electron chi connectivity index (χ4n) is 3.71. The SMILES string of the molecule is COc1cc(/C=C2\N=C(c3ccc4ccccc4c3)OC2=O)cc(Br)c1OCc1ccc(Br)cc1. The molecular weight excluding hydrogens is 574 g/mol. The van der Waals surface area contributed by atoms with Gasteiger partial charge in [-0.25, -0.2) is 9.79 Å². The van der Waals surface area contributed by atoms with Crippen LogP contribution in [0.1, 0.15) is 16.7 Å². The van der Waals surface area contributed by atoms with Crippen LogP contribution in [0.15, 0.2) is 98.5 Å². The van der Waals surface area contributed by atoms with Crippen LogP contribution < -0.4 is 9.47 Å². The largest absolute Gasteiger partial charge is 0.493 e. The van der Waals surface area contributed by atoms with Crippen LogP contribution >= 0.6 is 31.9 Å². The van der Waals surface area contributed by atoms with E-state index < -0.39 is 5.97 Å². The first-order valence-electron chi connectivity index (χ1n) is 10.8. The molecule has 1 heterocycles. The molecule has 0 bridgehead atoms. The third-order valence-electron chi connectivity index (χ3n) is 5.47. The summed E-state index contributed by atoms with van der Waals surface area (Å²) in [6.45, 7) is 0.383. The number of fused-ring (bicyclic) bond motifs is 1. The van der Waals surface area contributed by atoms with Crippen LogP contribution in [0, 0.1) is 0 Å². The Morgan fingerprint density at radius 2 is 1.71 bits per heavy atom. The van der Waals surface area contributed by atoms with Crippen molar-refractivity contribution in [1.29, 1.82) is 0 Å². The maximum Gasteiger partial charge on any atom is 0.363 e. The molecule has 0 fully saturated rings. The molecule has 0 saturated heterocycles. The second-order valence-electron chi connectivity index (χ2n) is 7.85. The highest BCUT2D eigenvalue weighted by Crippen LogP contribution is 2.38. The van der Waals surface area contributed by atoms with Gasteiger partial charge in [0.2, 0.25) is 5.90 Å². The molecule has 7 heteroatoms. The molecule has 1 aliphatic rings. The highest BCUT2D eigenvalue weighted by atomic mass is 79.9. The Bertz CT molecular complexity index is 1490. The average Bonchev–Trinajstić information content (AvgIpc) is 3.23. The van der Waals surface area contributed by atoms with Crippen molar-refractivity contribution in [3.63, 3.8) is 0 Å². The molecule has 0 N–H and O–H groups in total. The summed E-state index contributed by atoms with van der Waals surface area (Å²) >= 11 is 7.00. The number of hydrogen-bond donors (Lipinski definition) is 0. The zero-order valence-corrected chi connectivity index (χ0v) is 21.8. The zero-order chi connectivity index (χ0) is 24.4. The molecule has 0 aromatic heterocycles. The Balaban J connectivity index is 1.40. The lowest BCUT2D eigenvalue weighted by Gasteiger charge is -2.14. The number of methoxy groups -OCH3 is 1. The summed E-state index contributed by atoms with van der Waals surface area (Å²) in [6.07, 6.45) is 1.67. The van der Waals surface area contributed by atoms with Crippen LogP contribution in [-0.2, 0) is 16.1 Å². The first kappa shape index (κ1) is 23.3. The fourth-order valence-corrected chi connectivity index (χ4v) is 4.55. The molecule has 5 nitrogen and oxygen atoms in total. The number of ether oxygens (including phenoxy) is 3. The maximum atomic E-state index is 12.5. The van der Waals surface area contributed by atoms with Gasteiger partial charge in [-0.05, 0) is 80.3 Å². The molecule has 174 valence electrons. The molecule has 0 unspecified atom stereocenters. The van der Waals surface area contributed by atoms with E-state index in [1.807, 2.05) is 72.8 Å². The quantitative estimate of drug-likeness (QED) is 0.174. The highest BCUT2D eigenvalue weighted by molar-refractivity contribution is 9.10. The molecular formula is C28H19Br2NO4. The number of aliphatic imine (C=N–C) groups is 1. The maximum absolute atomic E-state index is 12.5. The molecule has 0 radical (unpaired) electrons. The summed E-state index contributed by atoms with van der Waals surface area (Å²) in [5, 5.41) is 2.16. The van der Waals surface area contributed by atoms with Crippen LogP contribution in [0.4, 0.5) is 0 Å². The molecule has 0 amide bonds. The average molecular weight is 593 g/mol. The summed E-state index contributed by atoms with van der Waals surface area (Å²) < 4.78 is 18.7. The lowest BCUT2D eigenvalue weighted by molar-refractivity contribution is -0.129. The number of esters is 1. The Labute approximate surface area is 219 Å². The van der Waals surface area contributed by atoms with Gasteiger partial charge in [0.05, 0.1) is 11.6 Å². The van der Waals surface area contributed by atoms with Crippen molar-refractivity contribution in [2.24, 2.45) is 4.99 Å². The Kier molecular flexibility index (Phi) is 6.70. The lowest BCUT2D eigenvalue weighted by atomic mass is 10.1. The summed E-state index contributed by atoms with van der Waals surface area (Å²) in [7, 11) is 1.57. The lowest BCUT2D eigenvalue weighted by Crippen LogP contribution is -2.05. The highest BCUT2D eigenvalue weighted by Gasteiger charge is 2.24. The van der Waals surface area contributed by atoms with Crippen molar-refractivity contribution in [1.82, 2.24) is 0 Å². The van der Waals surface area contributed by atoms with E-state index >= 15 is 0 Å². The first-order valence-corrected chi connectivity index (χ1v) is 12.4. The van der Waals surface area contributed by atoms with E-state index in [0.29, 0.717) is 22.6 Å².